The van der Waals surface area contributed by atoms with Crippen molar-refractivity contribution in [3.63, 3.8) is 0 Å². The van der Waals surface area contributed by atoms with Crippen LogP contribution < -0.4 is 21.5 Å². The van der Waals surface area contributed by atoms with Crippen LogP contribution in [0.3, 0.4) is 0 Å². The third-order valence-electron chi connectivity index (χ3n) is 4.66. The number of aromatic nitrogens is 3. The van der Waals surface area contributed by atoms with Gasteiger partial charge in [0.2, 0.25) is 0 Å². The highest BCUT2D eigenvalue weighted by molar-refractivity contribution is 7.17. The fourth-order valence-electron chi connectivity index (χ4n) is 3.01. The van der Waals surface area contributed by atoms with Gasteiger partial charge in [0.05, 0.1) is 17.0 Å². The van der Waals surface area contributed by atoms with E-state index < -0.39 is 0 Å². The molecule has 0 saturated carbocycles. The fourth-order valence-corrected chi connectivity index (χ4v) is 4.07. The summed E-state index contributed by atoms with van der Waals surface area (Å²) in [6, 6.07) is 6.53. The molecule has 0 aliphatic carbocycles. The molecule has 0 spiro atoms. The van der Waals surface area contributed by atoms with Crippen LogP contribution >= 0.6 is 11.3 Å². The Balaban J connectivity index is 1.86. The lowest BCUT2D eigenvalue weighted by Gasteiger charge is -2.09. The lowest BCUT2D eigenvalue weighted by Crippen LogP contribution is -2.28. The van der Waals surface area contributed by atoms with Crippen LogP contribution in [0.25, 0.3) is 10.6 Å². The second-order valence-electron chi connectivity index (χ2n) is 6.97. The summed E-state index contributed by atoms with van der Waals surface area (Å²) in [5, 5.41) is 12.8. The van der Waals surface area contributed by atoms with Gasteiger partial charge in [0.15, 0.2) is 0 Å². The molecule has 0 aliphatic heterocycles. The number of carbonyl (C=O) groups excluding carboxylic acids is 2. The zero-order chi connectivity index (χ0) is 22.7. The molecule has 2 aromatic heterocycles. The molecule has 3 amide bonds. The predicted octanol–water partition coefficient (Wildman–Crippen LogP) is 3.22. The zero-order valence-corrected chi connectivity index (χ0v) is 18.8. The Morgan fingerprint density at radius 3 is 2.45 bits per heavy atom. The Morgan fingerprint density at radius 2 is 1.77 bits per heavy atom. The third-order valence-corrected chi connectivity index (χ3v) is 5.83. The normalized spacial score (nSPS) is 10.6. The number of hydrogen-bond acceptors (Lipinski definition) is 6. The molecular formula is C21H24N6O3S. The van der Waals surface area contributed by atoms with E-state index in [9.17, 15) is 14.4 Å². The smallest absolute Gasteiger partial charge is 0.319 e. The predicted molar refractivity (Wildman–Crippen MR) is 122 cm³/mol. The third kappa shape index (κ3) is 4.80. The molecule has 2 heterocycles. The van der Waals surface area contributed by atoms with E-state index in [1.807, 2.05) is 20.8 Å². The van der Waals surface area contributed by atoms with Gasteiger partial charge in [-0.2, -0.15) is 5.10 Å². The first-order valence-electron chi connectivity index (χ1n) is 9.69. The maximum Gasteiger partial charge on any atom is 0.319 e. The van der Waals surface area contributed by atoms with Crippen molar-refractivity contribution in [3.05, 3.63) is 56.4 Å². The Bertz CT molecular complexity index is 1210. The summed E-state index contributed by atoms with van der Waals surface area (Å²) < 4.78 is 1.28. The van der Waals surface area contributed by atoms with Crippen molar-refractivity contribution in [1.82, 2.24) is 20.1 Å². The molecule has 162 valence electrons. The number of rotatable bonds is 5. The molecule has 31 heavy (non-hydrogen) atoms. The number of urea groups is 1. The highest BCUT2D eigenvalue weighted by Crippen LogP contribution is 2.29. The van der Waals surface area contributed by atoms with E-state index in [0.717, 1.165) is 22.6 Å². The largest absolute Gasteiger partial charge is 0.338 e. The lowest BCUT2D eigenvalue weighted by molar-refractivity contribution is 0.103. The van der Waals surface area contributed by atoms with Crippen molar-refractivity contribution in [3.8, 4) is 10.6 Å². The van der Waals surface area contributed by atoms with E-state index in [4.69, 9.17) is 0 Å². The van der Waals surface area contributed by atoms with Crippen LogP contribution in [0.2, 0.25) is 0 Å². The first-order valence-corrected chi connectivity index (χ1v) is 10.5. The van der Waals surface area contributed by atoms with Gasteiger partial charge in [0.25, 0.3) is 11.5 Å². The number of thiazole rings is 1. The van der Waals surface area contributed by atoms with Gasteiger partial charge >= 0.3 is 6.03 Å². The minimum absolute atomic E-state index is 0.257. The quantitative estimate of drug-likeness (QED) is 0.563. The van der Waals surface area contributed by atoms with Crippen LogP contribution in [0.15, 0.2) is 29.1 Å². The number of amides is 3. The first kappa shape index (κ1) is 22.2. The molecule has 0 bridgehead atoms. The zero-order valence-electron chi connectivity index (χ0n) is 18.0. The van der Waals surface area contributed by atoms with Crippen molar-refractivity contribution < 1.29 is 9.59 Å². The fraction of sp³-hybridized carbons (Fsp3) is 0.286. The number of carbonyl (C=O) groups is 2. The molecule has 0 atom stereocenters. The molecule has 10 heteroatoms. The molecular weight excluding hydrogens is 416 g/mol. The molecule has 0 saturated heterocycles. The van der Waals surface area contributed by atoms with Crippen LogP contribution in [0, 0.1) is 20.8 Å². The van der Waals surface area contributed by atoms with Crippen LogP contribution in [-0.2, 0) is 7.05 Å². The molecule has 3 rings (SSSR count). The summed E-state index contributed by atoms with van der Waals surface area (Å²) in [5.74, 6) is -0.336. The van der Waals surface area contributed by atoms with Gasteiger partial charge in [-0.1, -0.05) is 6.07 Å². The van der Waals surface area contributed by atoms with Gasteiger partial charge < -0.3 is 16.0 Å². The highest BCUT2D eigenvalue weighted by atomic mass is 32.1. The van der Waals surface area contributed by atoms with Crippen molar-refractivity contribution in [2.24, 2.45) is 7.05 Å². The minimum Gasteiger partial charge on any atom is -0.338 e. The molecule has 9 nitrogen and oxygen atoms in total. The number of hydrogen-bond donors (Lipinski definition) is 3. The van der Waals surface area contributed by atoms with Crippen LogP contribution in [-0.4, -0.2) is 33.2 Å². The van der Waals surface area contributed by atoms with Crippen molar-refractivity contribution in [2.45, 2.75) is 27.7 Å². The second kappa shape index (κ2) is 9.09. The number of benzene rings is 1. The summed E-state index contributed by atoms with van der Waals surface area (Å²) in [5.41, 5.74) is 3.28. The maximum absolute atomic E-state index is 12.9. The summed E-state index contributed by atoms with van der Waals surface area (Å²) in [6.07, 6.45) is 0. The average molecular weight is 441 g/mol. The van der Waals surface area contributed by atoms with Crippen LogP contribution in [0.5, 0.6) is 0 Å². The Hall–Kier alpha value is -3.53. The minimum atomic E-state index is -0.336. The van der Waals surface area contributed by atoms with Gasteiger partial charge in [-0.05, 0) is 51.5 Å². The van der Waals surface area contributed by atoms with Crippen LogP contribution in [0.4, 0.5) is 16.2 Å². The van der Waals surface area contributed by atoms with Crippen molar-refractivity contribution in [2.75, 3.05) is 17.2 Å². The number of anilines is 2. The summed E-state index contributed by atoms with van der Waals surface area (Å²) in [4.78, 5) is 42.1. The van der Waals surface area contributed by atoms with Crippen LogP contribution in [0.1, 0.15) is 33.5 Å². The van der Waals surface area contributed by atoms with E-state index in [2.05, 4.69) is 26.0 Å². The number of nitrogens with zero attached hydrogens (tertiary/aromatic N) is 3. The number of nitrogens with one attached hydrogen (secondary N) is 3. The maximum atomic E-state index is 12.9. The van der Waals surface area contributed by atoms with E-state index in [0.29, 0.717) is 39.1 Å². The Morgan fingerprint density at radius 1 is 1.10 bits per heavy atom. The number of aryl methyl sites for hydroxylation is 3. The van der Waals surface area contributed by atoms with Gasteiger partial charge in [-0.25, -0.2) is 14.5 Å². The van der Waals surface area contributed by atoms with E-state index in [1.54, 1.807) is 38.2 Å². The molecule has 0 unspecified atom stereocenters. The topological polar surface area (TPSA) is 118 Å². The Labute approximate surface area is 183 Å². The van der Waals surface area contributed by atoms with Crippen molar-refractivity contribution >= 4 is 34.6 Å². The molecule has 3 N–H and O–H groups in total. The van der Waals surface area contributed by atoms with Crippen molar-refractivity contribution in [1.29, 1.82) is 0 Å². The van der Waals surface area contributed by atoms with E-state index in [1.165, 1.54) is 4.68 Å². The molecule has 3 aromatic rings. The van der Waals surface area contributed by atoms with Gasteiger partial charge in [-0.15, -0.1) is 11.3 Å². The lowest BCUT2D eigenvalue weighted by atomic mass is 10.1. The highest BCUT2D eigenvalue weighted by Gasteiger charge is 2.21. The molecule has 1 aromatic carbocycles. The van der Waals surface area contributed by atoms with Gasteiger partial charge in [-0.3, -0.25) is 9.59 Å². The SMILES string of the molecule is CCNC(=O)Nc1cccc(NC(=O)c2sc(-c3c(C)c(C)nn(C)c3=O)nc2C)c1. The summed E-state index contributed by atoms with van der Waals surface area (Å²) >= 11 is 1.16. The monoisotopic (exact) mass is 440 g/mol. The average Bonchev–Trinajstić information content (AvgIpc) is 3.08. The molecule has 0 aliphatic rings. The first-order chi connectivity index (χ1) is 14.7. The second-order valence-corrected chi connectivity index (χ2v) is 7.97. The summed E-state index contributed by atoms with van der Waals surface area (Å²) in [6.45, 7) is 7.72. The van der Waals surface area contributed by atoms with Gasteiger partial charge in [0, 0.05) is 25.0 Å². The van der Waals surface area contributed by atoms with E-state index in [-0.39, 0.29) is 17.5 Å². The summed E-state index contributed by atoms with van der Waals surface area (Å²) in [7, 11) is 1.59. The Kier molecular flexibility index (Phi) is 6.50. The molecule has 0 fully saturated rings. The standard InChI is InChI=1S/C21H24N6O3S/c1-6-22-21(30)25-15-9-7-8-14(10-15)24-18(28)17-13(4)23-19(31-17)16-11(2)12(3)26-27(5)20(16)29/h7-10H,6H2,1-5H3,(H,24,28)(H2,22,25,30). The van der Waals surface area contributed by atoms with Gasteiger partial charge in [0.1, 0.15) is 9.88 Å². The molecule has 0 radical (unpaired) electrons. The van der Waals surface area contributed by atoms with E-state index >= 15 is 0 Å².